The average molecular weight is 248 g/mol. The van der Waals surface area contributed by atoms with Crippen molar-refractivity contribution in [1.82, 2.24) is 5.32 Å². The highest BCUT2D eigenvalue weighted by molar-refractivity contribution is 5.70. The second kappa shape index (κ2) is 5.08. The van der Waals surface area contributed by atoms with Crippen LogP contribution in [0.2, 0.25) is 0 Å². The van der Waals surface area contributed by atoms with E-state index in [0.717, 1.165) is 18.4 Å². The van der Waals surface area contributed by atoms with E-state index in [9.17, 15) is 4.79 Å². The van der Waals surface area contributed by atoms with Gasteiger partial charge in [-0.1, -0.05) is 19.1 Å². The first kappa shape index (κ1) is 13.1. The van der Waals surface area contributed by atoms with Crippen LogP contribution in [0.4, 0.5) is 5.69 Å². The van der Waals surface area contributed by atoms with Crippen molar-refractivity contribution in [1.29, 1.82) is 0 Å². The number of aryl methyl sites for hydroxylation is 1. The van der Waals surface area contributed by atoms with Gasteiger partial charge >= 0.3 is 0 Å². The summed E-state index contributed by atoms with van der Waals surface area (Å²) in [6.45, 7) is 4.59. The number of carbonyl (C=O) groups excluding carboxylic acids is 1. The summed E-state index contributed by atoms with van der Waals surface area (Å²) >= 11 is 0. The van der Waals surface area contributed by atoms with Crippen LogP contribution in [0.1, 0.15) is 19.4 Å². The van der Waals surface area contributed by atoms with Crippen LogP contribution >= 0.6 is 0 Å². The van der Waals surface area contributed by atoms with Crippen molar-refractivity contribution in [2.75, 3.05) is 18.5 Å². The van der Waals surface area contributed by atoms with Crippen molar-refractivity contribution in [3.8, 4) is 0 Å². The largest absolute Gasteiger partial charge is 0.334 e. The first-order valence-corrected chi connectivity index (χ1v) is 6.31. The van der Waals surface area contributed by atoms with Gasteiger partial charge in [0.15, 0.2) is 12.0 Å². The second-order valence-electron chi connectivity index (χ2n) is 4.70. The Balaban J connectivity index is 2.27. The molecule has 1 heterocycles. The Labute approximate surface area is 108 Å². The summed E-state index contributed by atoms with van der Waals surface area (Å²) in [5.74, 6) is 0. The van der Waals surface area contributed by atoms with Crippen molar-refractivity contribution in [3.05, 3.63) is 29.8 Å². The molecule has 4 heteroatoms. The summed E-state index contributed by atoms with van der Waals surface area (Å²) in [7, 11) is 1.83. The zero-order chi connectivity index (χ0) is 13.2. The molecular weight excluding hydrogens is 228 g/mol. The van der Waals surface area contributed by atoms with Crippen molar-refractivity contribution < 1.29 is 9.53 Å². The minimum atomic E-state index is -0.887. The number of nitrogens with zero attached hydrogens (tertiary/aromatic N) is 1. The third-order valence-electron chi connectivity index (χ3n) is 3.46. The smallest absolute Gasteiger partial charge is 0.196 e. The predicted molar refractivity (Wildman–Crippen MR) is 71.6 cm³/mol. The van der Waals surface area contributed by atoms with Crippen LogP contribution in [0.25, 0.3) is 0 Å². The molecular formula is C14H20N2O2. The Hall–Kier alpha value is -1.39. The van der Waals surface area contributed by atoms with E-state index < -0.39 is 5.72 Å². The van der Waals surface area contributed by atoms with Crippen molar-refractivity contribution in [3.63, 3.8) is 0 Å². The summed E-state index contributed by atoms with van der Waals surface area (Å²) in [6.07, 6.45) is 1.75. The number of benzene rings is 1. The van der Waals surface area contributed by atoms with Gasteiger partial charge in [0.2, 0.25) is 0 Å². The minimum Gasteiger partial charge on any atom is -0.334 e. The average Bonchev–Trinajstić information content (AvgIpc) is 2.77. The molecule has 2 atom stereocenters. The lowest BCUT2D eigenvalue weighted by atomic mass is 10.1. The van der Waals surface area contributed by atoms with Gasteiger partial charge in [-0.15, -0.1) is 0 Å². The summed E-state index contributed by atoms with van der Waals surface area (Å²) < 4.78 is 5.72. The van der Waals surface area contributed by atoms with Crippen LogP contribution < -0.4 is 10.2 Å². The molecule has 0 aliphatic carbocycles. The number of nitrogens with one attached hydrogen (secondary N) is 1. The number of carbonyl (C=O) groups is 1. The maximum Gasteiger partial charge on any atom is 0.196 e. The van der Waals surface area contributed by atoms with Crippen LogP contribution in [0.15, 0.2) is 24.3 Å². The van der Waals surface area contributed by atoms with E-state index in [-0.39, 0.29) is 6.23 Å². The molecule has 1 aliphatic heterocycles. The summed E-state index contributed by atoms with van der Waals surface area (Å²) in [6, 6.07) is 8.27. The number of likely N-dealkylation sites (N-methyl/N-ethyl adjacent to an activating group) is 1. The first-order valence-electron chi connectivity index (χ1n) is 6.31. The highest BCUT2D eigenvalue weighted by Gasteiger charge is 2.42. The maximum atomic E-state index is 11.3. The van der Waals surface area contributed by atoms with Crippen LogP contribution in [0.3, 0.4) is 0 Å². The zero-order valence-corrected chi connectivity index (χ0v) is 11.1. The molecule has 1 fully saturated rings. The van der Waals surface area contributed by atoms with Crippen LogP contribution in [0.5, 0.6) is 0 Å². The van der Waals surface area contributed by atoms with E-state index in [0.29, 0.717) is 6.54 Å². The van der Waals surface area contributed by atoms with E-state index in [4.69, 9.17) is 4.74 Å². The lowest BCUT2D eigenvalue weighted by molar-refractivity contribution is -0.128. The fourth-order valence-electron chi connectivity index (χ4n) is 2.25. The molecule has 0 saturated carbocycles. The van der Waals surface area contributed by atoms with Gasteiger partial charge in [0.25, 0.3) is 0 Å². The van der Waals surface area contributed by atoms with E-state index >= 15 is 0 Å². The number of anilines is 1. The van der Waals surface area contributed by atoms with Gasteiger partial charge in [0, 0.05) is 5.69 Å². The van der Waals surface area contributed by atoms with E-state index in [2.05, 4.69) is 24.4 Å². The lowest BCUT2D eigenvalue weighted by Crippen LogP contribution is -2.43. The molecule has 4 nitrogen and oxygen atoms in total. The number of aldehydes is 1. The van der Waals surface area contributed by atoms with E-state index in [1.165, 1.54) is 5.56 Å². The standard InChI is InChI=1S/C14H20N2O2/c1-4-11-5-7-12(8-6-11)16-9-13(15-3)18-14(16,2)10-17/h5-8,10,13,15H,4,9H2,1-3H3/t13-,14?/m1/s1. The maximum absolute atomic E-state index is 11.3. The summed E-state index contributed by atoms with van der Waals surface area (Å²) in [4.78, 5) is 13.3. The normalized spacial score (nSPS) is 27.5. The van der Waals surface area contributed by atoms with Gasteiger partial charge in [-0.25, -0.2) is 0 Å². The van der Waals surface area contributed by atoms with E-state index in [1.54, 1.807) is 6.92 Å². The molecule has 0 bridgehead atoms. The fourth-order valence-corrected chi connectivity index (χ4v) is 2.25. The molecule has 0 amide bonds. The van der Waals surface area contributed by atoms with Crippen molar-refractivity contribution >= 4 is 12.0 Å². The van der Waals surface area contributed by atoms with Crippen LogP contribution in [-0.2, 0) is 16.0 Å². The first-order chi connectivity index (χ1) is 8.62. The topological polar surface area (TPSA) is 41.6 Å². The monoisotopic (exact) mass is 248 g/mol. The molecule has 1 aromatic carbocycles. The Morgan fingerprint density at radius 1 is 1.50 bits per heavy atom. The Morgan fingerprint density at radius 3 is 2.67 bits per heavy atom. The van der Waals surface area contributed by atoms with E-state index in [1.807, 2.05) is 24.1 Å². The minimum absolute atomic E-state index is 0.119. The Kier molecular flexibility index (Phi) is 3.68. The number of hydrogen-bond donors (Lipinski definition) is 1. The SMILES string of the molecule is CCc1ccc(N2C[C@H](NC)OC2(C)C=O)cc1. The fraction of sp³-hybridized carbons (Fsp3) is 0.500. The molecule has 1 aliphatic rings. The molecule has 18 heavy (non-hydrogen) atoms. The third kappa shape index (κ3) is 2.26. The highest BCUT2D eigenvalue weighted by Crippen LogP contribution is 2.30. The van der Waals surface area contributed by atoms with Gasteiger partial charge in [-0.2, -0.15) is 0 Å². The number of rotatable bonds is 4. The molecule has 2 rings (SSSR count). The molecule has 1 unspecified atom stereocenters. The van der Waals surface area contributed by atoms with Gasteiger partial charge in [-0.05, 0) is 38.1 Å². The summed E-state index contributed by atoms with van der Waals surface area (Å²) in [5.41, 5.74) is 1.41. The highest BCUT2D eigenvalue weighted by atomic mass is 16.6. The number of ether oxygens (including phenoxy) is 1. The quantitative estimate of drug-likeness (QED) is 0.821. The molecule has 1 aromatic rings. The molecule has 0 spiro atoms. The number of hydrogen-bond acceptors (Lipinski definition) is 4. The zero-order valence-electron chi connectivity index (χ0n) is 11.1. The van der Waals surface area contributed by atoms with Crippen molar-refractivity contribution in [2.45, 2.75) is 32.2 Å². The van der Waals surface area contributed by atoms with Gasteiger partial charge in [0.05, 0.1) is 6.54 Å². The molecule has 98 valence electrons. The molecule has 1 N–H and O–H groups in total. The second-order valence-corrected chi connectivity index (χ2v) is 4.70. The molecule has 0 aromatic heterocycles. The van der Waals surface area contributed by atoms with Gasteiger partial charge < -0.3 is 9.64 Å². The Morgan fingerprint density at radius 2 is 2.17 bits per heavy atom. The summed E-state index contributed by atoms with van der Waals surface area (Å²) in [5, 5.41) is 3.05. The molecule has 0 radical (unpaired) electrons. The predicted octanol–water partition coefficient (Wildman–Crippen LogP) is 1.55. The van der Waals surface area contributed by atoms with Crippen LogP contribution in [-0.4, -0.2) is 31.8 Å². The van der Waals surface area contributed by atoms with Gasteiger partial charge in [-0.3, -0.25) is 10.1 Å². The third-order valence-corrected chi connectivity index (χ3v) is 3.46. The van der Waals surface area contributed by atoms with Gasteiger partial charge in [0.1, 0.15) is 6.23 Å². The Bertz CT molecular complexity index is 418. The van der Waals surface area contributed by atoms with Crippen molar-refractivity contribution in [2.24, 2.45) is 0 Å². The lowest BCUT2D eigenvalue weighted by Gasteiger charge is -2.30. The van der Waals surface area contributed by atoms with Crippen LogP contribution in [0, 0.1) is 0 Å². The molecule has 1 saturated heterocycles.